The molecule has 1 aromatic carbocycles. The van der Waals surface area contributed by atoms with Crippen LogP contribution in [0.1, 0.15) is 51.9 Å². The highest BCUT2D eigenvalue weighted by molar-refractivity contribution is 5.70. The molecule has 3 heterocycles. The van der Waals surface area contributed by atoms with Gasteiger partial charge in [-0.25, -0.2) is 9.78 Å². The Morgan fingerprint density at radius 3 is 2.50 bits per heavy atom. The van der Waals surface area contributed by atoms with E-state index >= 15 is 0 Å². The fraction of sp³-hybridized carbons (Fsp3) is 0.444. The molecule has 0 aliphatic rings. The minimum absolute atomic E-state index is 0.0268. The summed E-state index contributed by atoms with van der Waals surface area (Å²) in [5.74, 6) is 1.28. The lowest BCUT2D eigenvalue weighted by Crippen LogP contribution is -2.44. The maximum atomic E-state index is 13.4. The summed E-state index contributed by atoms with van der Waals surface area (Å²) in [5.41, 5.74) is 0.852. The molecule has 0 radical (unpaired) electrons. The normalized spacial score (nSPS) is 12.8. The van der Waals surface area contributed by atoms with Gasteiger partial charge in [0.15, 0.2) is 11.2 Å². The van der Waals surface area contributed by atoms with Crippen LogP contribution in [0.3, 0.4) is 0 Å². The zero-order chi connectivity index (χ0) is 25.9. The number of hydrogen-bond acceptors (Lipinski definition) is 6. The largest absolute Gasteiger partial charge is 0.491 e. The van der Waals surface area contributed by atoms with Gasteiger partial charge >= 0.3 is 5.69 Å². The van der Waals surface area contributed by atoms with Crippen molar-refractivity contribution in [2.24, 2.45) is 0 Å². The highest BCUT2D eigenvalue weighted by atomic mass is 16.5. The third-order valence-electron chi connectivity index (χ3n) is 6.18. The molecule has 0 aliphatic heterocycles. The lowest BCUT2D eigenvalue weighted by Gasteiger charge is -2.19. The summed E-state index contributed by atoms with van der Waals surface area (Å²) < 4.78 is 15.4. The predicted octanol–water partition coefficient (Wildman–Crippen LogP) is 3.54. The second-order valence-corrected chi connectivity index (χ2v) is 10.1. The van der Waals surface area contributed by atoms with Crippen molar-refractivity contribution in [3.63, 3.8) is 0 Å². The van der Waals surface area contributed by atoms with Gasteiger partial charge in [-0.15, -0.1) is 0 Å². The van der Waals surface area contributed by atoms with E-state index in [4.69, 9.17) is 9.15 Å². The van der Waals surface area contributed by atoms with Crippen molar-refractivity contribution in [1.29, 1.82) is 0 Å². The second-order valence-electron chi connectivity index (χ2n) is 10.1. The van der Waals surface area contributed by atoms with Crippen LogP contribution in [0.2, 0.25) is 0 Å². The molecule has 0 bridgehead atoms. The minimum Gasteiger partial charge on any atom is -0.491 e. The van der Waals surface area contributed by atoms with Gasteiger partial charge in [0.25, 0.3) is 5.56 Å². The van der Waals surface area contributed by atoms with Crippen molar-refractivity contribution in [2.75, 3.05) is 6.61 Å². The Bertz CT molecular complexity index is 1410. The lowest BCUT2D eigenvalue weighted by atomic mass is 9.87. The van der Waals surface area contributed by atoms with Gasteiger partial charge in [-0.3, -0.25) is 13.9 Å². The van der Waals surface area contributed by atoms with Gasteiger partial charge < -0.3 is 18.8 Å². The molecule has 0 saturated heterocycles. The van der Waals surface area contributed by atoms with E-state index in [9.17, 15) is 14.7 Å². The zero-order valence-electron chi connectivity index (χ0n) is 21.3. The Morgan fingerprint density at radius 1 is 1.11 bits per heavy atom. The van der Waals surface area contributed by atoms with Gasteiger partial charge in [0.05, 0.1) is 25.7 Å². The fourth-order valence-corrected chi connectivity index (χ4v) is 4.11. The number of imidazole rings is 1. The first-order valence-corrected chi connectivity index (χ1v) is 12.3. The molecule has 0 spiro atoms. The van der Waals surface area contributed by atoms with Crippen LogP contribution >= 0.6 is 0 Å². The molecule has 9 heteroatoms. The molecule has 0 fully saturated rings. The van der Waals surface area contributed by atoms with E-state index in [1.807, 2.05) is 37.3 Å². The highest BCUT2D eigenvalue weighted by Crippen LogP contribution is 2.24. The molecule has 0 saturated carbocycles. The summed E-state index contributed by atoms with van der Waals surface area (Å²) in [6, 6.07) is 11.3. The van der Waals surface area contributed by atoms with E-state index in [-0.39, 0.29) is 18.6 Å². The van der Waals surface area contributed by atoms with Gasteiger partial charge in [-0.2, -0.15) is 0 Å². The summed E-state index contributed by atoms with van der Waals surface area (Å²) >= 11 is 0. The average Bonchev–Trinajstić information content (AvgIpc) is 3.51. The number of aromatic nitrogens is 4. The van der Waals surface area contributed by atoms with Crippen LogP contribution in [0.4, 0.5) is 0 Å². The van der Waals surface area contributed by atoms with Crippen LogP contribution in [0.25, 0.3) is 11.2 Å². The summed E-state index contributed by atoms with van der Waals surface area (Å²) in [5, 5.41) is 10.7. The summed E-state index contributed by atoms with van der Waals surface area (Å²) in [6.07, 6.45) is 3.69. The van der Waals surface area contributed by atoms with Gasteiger partial charge in [0.1, 0.15) is 24.2 Å². The Hall–Kier alpha value is -3.59. The monoisotopic (exact) mass is 494 g/mol. The Labute approximate surface area is 209 Å². The average molecular weight is 495 g/mol. The van der Waals surface area contributed by atoms with E-state index < -0.39 is 17.4 Å². The maximum absolute atomic E-state index is 13.4. The molecule has 1 atom stereocenters. The van der Waals surface area contributed by atoms with Crippen LogP contribution in [-0.2, 0) is 25.0 Å². The number of unbranched alkanes of at least 4 members (excludes halogenated alkanes) is 1. The van der Waals surface area contributed by atoms with E-state index in [1.165, 1.54) is 10.1 Å². The number of ether oxygens (including phenoxy) is 1. The van der Waals surface area contributed by atoms with E-state index in [1.54, 1.807) is 23.2 Å². The third kappa shape index (κ3) is 5.46. The Kier molecular flexibility index (Phi) is 7.49. The number of aryl methyl sites for hydroxylation is 1. The van der Waals surface area contributed by atoms with Crippen molar-refractivity contribution in [1.82, 2.24) is 18.7 Å². The summed E-state index contributed by atoms with van der Waals surface area (Å²) in [6.45, 7) is 8.92. The van der Waals surface area contributed by atoms with E-state index in [0.717, 1.165) is 17.4 Å². The van der Waals surface area contributed by atoms with Gasteiger partial charge in [-0.1, -0.05) is 46.2 Å². The first kappa shape index (κ1) is 25.5. The number of furan rings is 1. The first-order valence-electron chi connectivity index (χ1n) is 12.3. The molecule has 1 unspecified atom stereocenters. The molecule has 4 aromatic rings. The minimum atomic E-state index is -1.06. The number of nitrogens with zero attached hydrogens (tertiary/aromatic N) is 4. The number of benzene rings is 1. The van der Waals surface area contributed by atoms with Crippen molar-refractivity contribution in [3.8, 4) is 5.75 Å². The zero-order valence-corrected chi connectivity index (χ0v) is 21.3. The predicted molar refractivity (Wildman–Crippen MR) is 138 cm³/mol. The molecule has 9 nitrogen and oxygen atoms in total. The van der Waals surface area contributed by atoms with Crippen LogP contribution < -0.4 is 16.0 Å². The van der Waals surface area contributed by atoms with Gasteiger partial charge in [-0.05, 0) is 41.7 Å². The molecule has 192 valence electrons. The topological polar surface area (TPSA) is 104 Å². The third-order valence-corrected chi connectivity index (χ3v) is 6.18. The molecule has 36 heavy (non-hydrogen) atoms. The molecule has 4 rings (SSSR count). The van der Waals surface area contributed by atoms with Crippen LogP contribution in [0.15, 0.2) is 63.0 Å². The smallest absolute Gasteiger partial charge is 0.332 e. The fourth-order valence-electron chi connectivity index (χ4n) is 4.11. The van der Waals surface area contributed by atoms with E-state index in [2.05, 4.69) is 25.8 Å². The second kappa shape index (κ2) is 10.6. The van der Waals surface area contributed by atoms with Crippen LogP contribution in [0, 0.1) is 0 Å². The molecular formula is C27H34N4O5. The van der Waals surface area contributed by atoms with Gasteiger partial charge in [0.2, 0.25) is 0 Å². The lowest BCUT2D eigenvalue weighted by molar-refractivity contribution is 0.0901. The van der Waals surface area contributed by atoms with E-state index in [0.29, 0.717) is 35.8 Å². The Morgan fingerprint density at radius 2 is 1.86 bits per heavy atom. The van der Waals surface area contributed by atoms with Crippen molar-refractivity contribution in [3.05, 3.63) is 81.2 Å². The standard InChI is InChI=1S/C27H34N4O5/c1-5-6-13-30-24-23(29(18-28-24)16-22-8-7-14-35-22)25(33)31(26(30)34)15-20(32)17-36-21-11-9-19(10-12-21)27(2,3)4/h7-12,14,18,20,32H,5-6,13,15-17H2,1-4H3. The molecular weight excluding hydrogens is 460 g/mol. The number of aliphatic hydroxyl groups is 1. The van der Waals surface area contributed by atoms with Crippen molar-refractivity contribution in [2.45, 2.75) is 71.7 Å². The van der Waals surface area contributed by atoms with Crippen LogP contribution in [0.5, 0.6) is 5.75 Å². The van der Waals surface area contributed by atoms with Gasteiger partial charge in [0, 0.05) is 6.54 Å². The molecule has 0 aliphatic carbocycles. The number of aliphatic hydroxyl groups excluding tert-OH is 1. The maximum Gasteiger partial charge on any atom is 0.332 e. The van der Waals surface area contributed by atoms with Crippen molar-refractivity contribution >= 4 is 11.2 Å². The van der Waals surface area contributed by atoms with Crippen LogP contribution in [-0.4, -0.2) is 36.5 Å². The number of fused-ring (bicyclic) bond motifs is 1. The quantitative estimate of drug-likeness (QED) is 0.362. The molecule has 3 aromatic heterocycles. The van der Waals surface area contributed by atoms with Crippen molar-refractivity contribution < 1.29 is 14.3 Å². The summed E-state index contributed by atoms with van der Waals surface area (Å²) in [7, 11) is 0. The first-order chi connectivity index (χ1) is 17.2. The summed E-state index contributed by atoms with van der Waals surface area (Å²) in [4.78, 5) is 31.1. The Balaban J connectivity index is 1.60. The SMILES string of the molecule is CCCCn1c(=O)n(CC(O)COc2ccc(C(C)(C)C)cc2)c(=O)c2c1ncn2Cc1ccco1. The highest BCUT2D eigenvalue weighted by Gasteiger charge is 2.21. The number of rotatable bonds is 10. The molecule has 0 amide bonds. The number of hydrogen-bond donors (Lipinski definition) is 1. The molecule has 1 N–H and O–H groups in total.